The zero-order valence-electron chi connectivity index (χ0n) is 15.7. The van der Waals surface area contributed by atoms with Crippen molar-refractivity contribution >= 4 is 0 Å². The normalized spacial score (nSPS) is 15.1. The zero-order valence-corrected chi connectivity index (χ0v) is 15.7. The van der Waals surface area contributed by atoms with E-state index in [0.717, 1.165) is 36.7 Å². The molecule has 4 rings (SSSR count). The molecule has 2 heterocycles. The van der Waals surface area contributed by atoms with Crippen molar-refractivity contribution in [3.05, 3.63) is 66.4 Å². The molecule has 142 valence electrons. The van der Waals surface area contributed by atoms with Gasteiger partial charge in [0.1, 0.15) is 24.3 Å². The Balaban J connectivity index is 1.23. The number of nitrogens with zero attached hydrogens (tertiary/aromatic N) is 3. The fraction of sp³-hybridized carbons (Fsp3) is 0.455. The van der Waals surface area contributed by atoms with Gasteiger partial charge in [-0.2, -0.15) is 0 Å². The Hall–Kier alpha value is -2.56. The first-order valence-corrected chi connectivity index (χ1v) is 9.98. The van der Waals surface area contributed by atoms with Gasteiger partial charge in [0.25, 0.3) is 0 Å². The lowest BCUT2D eigenvalue weighted by molar-refractivity contribution is 0.301. The van der Waals surface area contributed by atoms with Crippen LogP contribution in [0, 0.1) is 0 Å². The van der Waals surface area contributed by atoms with Gasteiger partial charge in [-0.05, 0) is 43.4 Å². The molecule has 5 nitrogen and oxygen atoms in total. The van der Waals surface area contributed by atoms with Gasteiger partial charge in [-0.15, -0.1) is 0 Å². The fourth-order valence-electron chi connectivity index (χ4n) is 3.72. The average molecular weight is 365 g/mol. The molecule has 2 aromatic heterocycles. The molecule has 0 saturated heterocycles. The van der Waals surface area contributed by atoms with E-state index in [1.165, 1.54) is 37.7 Å². The van der Waals surface area contributed by atoms with Crippen LogP contribution in [0.1, 0.15) is 61.6 Å². The van der Waals surface area contributed by atoms with E-state index >= 15 is 0 Å². The summed E-state index contributed by atoms with van der Waals surface area (Å²) in [7, 11) is 0. The first-order valence-electron chi connectivity index (χ1n) is 9.98. The number of aryl methyl sites for hydroxylation is 2. The standard InChI is InChI=1S/C22H27N3O2/c1-2-6-19(7-3-1)22-24-20(16-27-22)15-26-21-10-8-18(9-11-21)5-4-13-25-14-12-23-17-25/h8-12,14,16-17,19H,1-7,13,15H2. The lowest BCUT2D eigenvalue weighted by Crippen LogP contribution is -2.05. The van der Waals surface area contributed by atoms with Crippen molar-refractivity contribution in [3.63, 3.8) is 0 Å². The molecule has 0 bridgehead atoms. The van der Waals surface area contributed by atoms with Crippen molar-refractivity contribution in [2.24, 2.45) is 0 Å². The molecular formula is C22H27N3O2. The van der Waals surface area contributed by atoms with Gasteiger partial charge in [-0.1, -0.05) is 31.4 Å². The number of aromatic nitrogens is 3. The highest BCUT2D eigenvalue weighted by atomic mass is 16.5. The largest absolute Gasteiger partial charge is 0.487 e. The van der Waals surface area contributed by atoms with Crippen molar-refractivity contribution in [2.75, 3.05) is 0 Å². The summed E-state index contributed by atoms with van der Waals surface area (Å²) in [6.45, 7) is 1.45. The molecule has 0 N–H and O–H groups in total. The number of benzene rings is 1. The first-order chi connectivity index (χ1) is 13.4. The fourth-order valence-corrected chi connectivity index (χ4v) is 3.72. The van der Waals surface area contributed by atoms with Crippen molar-refractivity contribution in [3.8, 4) is 5.75 Å². The van der Waals surface area contributed by atoms with Gasteiger partial charge in [-0.3, -0.25) is 0 Å². The van der Waals surface area contributed by atoms with Gasteiger partial charge in [0.2, 0.25) is 0 Å². The SMILES string of the molecule is c1cn(CCCc2ccc(OCc3coc(C4CCCCC4)n3)cc2)cn1. The molecule has 0 unspecified atom stereocenters. The Morgan fingerprint density at radius 3 is 2.74 bits per heavy atom. The van der Waals surface area contributed by atoms with Crippen LogP contribution in [0.15, 0.2) is 53.7 Å². The quantitative estimate of drug-likeness (QED) is 0.555. The lowest BCUT2D eigenvalue weighted by Gasteiger charge is -2.17. The second-order valence-corrected chi connectivity index (χ2v) is 7.35. The van der Waals surface area contributed by atoms with Gasteiger partial charge >= 0.3 is 0 Å². The Morgan fingerprint density at radius 1 is 1.11 bits per heavy atom. The molecule has 0 radical (unpaired) electrons. The molecule has 0 atom stereocenters. The molecule has 0 amide bonds. The van der Waals surface area contributed by atoms with E-state index in [-0.39, 0.29) is 0 Å². The number of oxazole rings is 1. The van der Waals surface area contributed by atoms with Crippen LogP contribution in [0.2, 0.25) is 0 Å². The predicted molar refractivity (Wildman–Crippen MR) is 104 cm³/mol. The van der Waals surface area contributed by atoms with Crippen LogP contribution in [0.3, 0.4) is 0 Å². The number of rotatable bonds is 8. The summed E-state index contributed by atoms with van der Waals surface area (Å²) in [5.41, 5.74) is 2.20. The van der Waals surface area contributed by atoms with Gasteiger partial charge < -0.3 is 13.7 Å². The Labute approximate surface area is 160 Å². The van der Waals surface area contributed by atoms with Crippen LogP contribution in [-0.4, -0.2) is 14.5 Å². The summed E-state index contributed by atoms with van der Waals surface area (Å²) in [6.07, 6.45) is 15.9. The molecular weight excluding hydrogens is 338 g/mol. The third kappa shape index (κ3) is 5.00. The van der Waals surface area contributed by atoms with E-state index in [0.29, 0.717) is 12.5 Å². The van der Waals surface area contributed by atoms with Crippen LogP contribution < -0.4 is 4.74 Å². The van der Waals surface area contributed by atoms with Crippen molar-refractivity contribution in [2.45, 2.75) is 64.0 Å². The molecule has 1 aliphatic carbocycles. The number of imidazole rings is 1. The van der Waals surface area contributed by atoms with E-state index in [1.807, 2.05) is 30.9 Å². The highest BCUT2D eigenvalue weighted by Gasteiger charge is 2.20. The van der Waals surface area contributed by atoms with E-state index in [4.69, 9.17) is 9.15 Å². The van der Waals surface area contributed by atoms with Gasteiger partial charge in [-0.25, -0.2) is 9.97 Å². The summed E-state index contributed by atoms with van der Waals surface area (Å²) < 4.78 is 13.7. The lowest BCUT2D eigenvalue weighted by atomic mass is 9.89. The van der Waals surface area contributed by atoms with Crippen LogP contribution in [0.4, 0.5) is 0 Å². The number of ether oxygens (including phenoxy) is 1. The van der Waals surface area contributed by atoms with Crippen molar-refractivity contribution in [1.82, 2.24) is 14.5 Å². The summed E-state index contributed by atoms with van der Waals surface area (Å²) in [6, 6.07) is 8.35. The molecule has 5 heteroatoms. The number of hydrogen-bond acceptors (Lipinski definition) is 4. The highest BCUT2D eigenvalue weighted by Crippen LogP contribution is 2.32. The predicted octanol–water partition coefficient (Wildman–Crippen LogP) is 5.13. The van der Waals surface area contributed by atoms with E-state index in [2.05, 4.69) is 26.7 Å². The molecule has 1 saturated carbocycles. The van der Waals surface area contributed by atoms with Crippen LogP contribution in [0.5, 0.6) is 5.75 Å². The van der Waals surface area contributed by atoms with Gasteiger partial charge in [0.15, 0.2) is 5.89 Å². The molecule has 1 fully saturated rings. The minimum Gasteiger partial charge on any atom is -0.487 e. The van der Waals surface area contributed by atoms with Crippen molar-refractivity contribution in [1.29, 1.82) is 0 Å². The summed E-state index contributed by atoms with van der Waals surface area (Å²) >= 11 is 0. The second-order valence-electron chi connectivity index (χ2n) is 7.35. The third-order valence-electron chi connectivity index (χ3n) is 5.27. The summed E-state index contributed by atoms with van der Waals surface area (Å²) in [5, 5.41) is 0. The zero-order chi connectivity index (χ0) is 18.3. The first kappa shape index (κ1) is 17.8. The average Bonchev–Trinajstić information content (AvgIpc) is 3.40. The van der Waals surface area contributed by atoms with Crippen molar-refractivity contribution < 1.29 is 9.15 Å². The van der Waals surface area contributed by atoms with Gasteiger partial charge in [0.05, 0.1) is 6.33 Å². The second kappa shape index (κ2) is 8.89. The minimum atomic E-state index is 0.455. The third-order valence-corrected chi connectivity index (χ3v) is 5.27. The van der Waals surface area contributed by atoms with Crippen LogP contribution in [-0.2, 0) is 19.6 Å². The Kier molecular flexibility index (Phi) is 5.87. The van der Waals surface area contributed by atoms with Crippen LogP contribution >= 0.6 is 0 Å². The maximum atomic E-state index is 5.88. The smallest absolute Gasteiger partial charge is 0.197 e. The van der Waals surface area contributed by atoms with E-state index in [9.17, 15) is 0 Å². The Bertz CT molecular complexity index is 802. The van der Waals surface area contributed by atoms with Gasteiger partial charge in [0, 0.05) is 24.9 Å². The molecule has 3 aromatic rings. The molecule has 0 spiro atoms. The molecule has 1 aromatic carbocycles. The maximum Gasteiger partial charge on any atom is 0.197 e. The van der Waals surface area contributed by atoms with E-state index < -0.39 is 0 Å². The summed E-state index contributed by atoms with van der Waals surface area (Å²) in [5.74, 6) is 2.26. The molecule has 1 aliphatic rings. The van der Waals surface area contributed by atoms with Crippen LogP contribution in [0.25, 0.3) is 0 Å². The molecule has 0 aliphatic heterocycles. The topological polar surface area (TPSA) is 53.1 Å². The highest BCUT2D eigenvalue weighted by molar-refractivity contribution is 5.27. The Morgan fingerprint density at radius 2 is 1.96 bits per heavy atom. The van der Waals surface area contributed by atoms with E-state index in [1.54, 1.807) is 6.26 Å². The summed E-state index contributed by atoms with van der Waals surface area (Å²) in [4.78, 5) is 8.70. The minimum absolute atomic E-state index is 0.455. The molecule has 27 heavy (non-hydrogen) atoms. The monoisotopic (exact) mass is 365 g/mol. The maximum absolute atomic E-state index is 5.88. The number of hydrogen-bond donors (Lipinski definition) is 0.